The zero-order valence-corrected chi connectivity index (χ0v) is 15.0. The Morgan fingerprint density at radius 2 is 1.95 bits per heavy atom. The second kappa shape index (κ2) is 6.33. The highest BCUT2D eigenvalue weighted by Gasteiger charge is 2.12. The van der Waals surface area contributed by atoms with E-state index in [1.807, 2.05) is 6.92 Å². The monoisotopic (exact) mass is 437 g/mol. The molecule has 0 atom stereocenters. The van der Waals surface area contributed by atoms with Crippen LogP contribution >= 0.6 is 43.2 Å². The van der Waals surface area contributed by atoms with E-state index < -0.39 is 10.0 Å². The van der Waals surface area contributed by atoms with Crippen LogP contribution in [0.15, 0.2) is 42.0 Å². The van der Waals surface area contributed by atoms with Crippen LogP contribution in [0.25, 0.3) is 0 Å². The van der Waals surface area contributed by atoms with Crippen LogP contribution in [0.2, 0.25) is 0 Å². The highest BCUT2D eigenvalue weighted by Crippen LogP contribution is 2.27. The third-order valence-corrected chi connectivity index (χ3v) is 5.72. The maximum Gasteiger partial charge on any atom is 0.276 e. The fraction of sp³-hybridized carbons (Fsp3) is 0.0909. The molecular formula is C11H9Br2N3O2S2. The molecule has 1 aromatic carbocycles. The first-order valence-electron chi connectivity index (χ1n) is 5.32. The molecule has 0 amide bonds. The summed E-state index contributed by atoms with van der Waals surface area (Å²) in [7, 11) is -3.65. The third-order valence-electron chi connectivity index (χ3n) is 2.27. The molecule has 2 rings (SSSR count). The van der Waals surface area contributed by atoms with E-state index in [1.54, 1.807) is 12.1 Å². The summed E-state index contributed by atoms with van der Waals surface area (Å²) >= 11 is 7.92. The van der Waals surface area contributed by atoms with Gasteiger partial charge in [-0.05, 0) is 50.9 Å². The summed E-state index contributed by atoms with van der Waals surface area (Å²) in [5, 5.41) is 3.72. The number of rotatable bonds is 4. The molecule has 0 aliphatic heterocycles. The highest BCUT2D eigenvalue weighted by molar-refractivity contribution is 9.12. The smallest absolute Gasteiger partial charge is 0.227 e. The van der Waals surface area contributed by atoms with Crippen LogP contribution in [0, 0.1) is 6.92 Å². The predicted molar refractivity (Wildman–Crippen MR) is 86.6 cm³/mol. The predicted octanol–water partition coefficient (Wildman–Crippen LogP) is 3.29. The second-order valence-corrected chi connectivity index (χ2v) is 9.05. The van der Waals surface area contributed by atoms with Gasteiger partial charge in [0.1, 0.15) is 5.69 Å². The Balaban J connectivity index is 2.13. The van der Waals surface area contributed by atoms with Gasteiger partial charge in [-0.1, -0.05) is 29.0 Å². The Kier molecular flexibility index (Phi) is 4.95. The molecule has 0 aliphatic carbocycles. The molecule has 9 heteroatoms. The van der Waals surface area contributed by atoms with Gasteiger partial charge < -0.3 is 0 Å². The van der Waals surface area contributed by atoms with Crippen LogP contribution in [-0.4, -0.2) is 19.6 Å². The summed E-state index contributed by atoms with van der Waals surface area (Å²) in [5.74, 6) is 0. The molecule has 1 heterocycles. The minimum Gasteiger partial charge on any atom is -0.227 e. The lowest BCUT2D eigenvalue weighted by atomic mass is 10.2. The number of halogens is 2. The topological polar surface area (TPSA) is 71.4 Å². The highest BCUT2D eigenvalue weighted by atomic mass is 79.9. The van der Waals surface area contributed by atoms with E-state index in [1.165, 1.54) is 29.7 Å². The first kappa shape index (κ1) is 15.6. The van der Waals surface area contributed by atoms with Gasteiger partial charge in [-0.2, -0.15) is 13.5 Å². The van der Waals surface area contributed by atoms with E-state index in [-0.39, 0.29) is 4.90 Å². The minimum absolute atomic E-state index is 0.166. The lowest BCUT2D eigenvalue weighted by Crippen LogP contribution is -2.18. The Hall–Kier alpha value is -0.770. The van der Waals surface area contributed by atoms with Crippen molar-refractivity contribution in [2.75, 3.05) is 0 Å². The van der Waals surface area contributed by atoms with Crippen molar-refractivity contribution >= 4 is 59.4 Å². The Morgan fingerprint density at radius 3 is 2.50 bits per heavy atom. The fourth-order valence-corrected chi connectivity index (χ4v) is 4.56. The normalized spacial score (nSPS) is 11.9. The van der Waals surface area contributed by atoms with Crippen molar-refractivity contribution in [2.45, 2.75) is 11.8 Å². The van der Waals surface area contributed by atoms with E-state index in [2.05, 4.69) is 46.8 Å². The summed E-state index contributed by atoms with van der Waals surface area (Å²) in [6, 6.07) is 6.52. The molecule has 5 nitrogen and oxygen atoms in total. The van der Waals surface area contributed by atoms with E-state index in [9.17, 15) is 8.42 Å². The molecule has 0 saturated carbocycles. The number of thiazole rings is 1. The number of aryl methyl sites for hydroxylation is 1. The molecule has 0 radical (unpaired) electrons. The first-order valence-corrected chi connectivity index (χ1v) is 9.20. The van der Waals surface area contributed by atoms with E-state index in [0.717, 1.165) is 9.35 Å². The Bertz CT molecular complexity index is 740. The quantitative estimate of drug-likeness (QED) is 0.588. The zero-order valence-electron chi connectivity index (χ0n) is 10.2. The minimum atomic E-state index is -3.65. The summed E-state index contributed by atoms with van der Waals surface area (Å²) in [6.45, 7) is 1.89. The molecule has 1 N–H and O–H groups in total. The van der Waals surface area contributed by atoms with Gasteiger partial charge in [0.2, 0.25) is 0 Å². The van der Waals surface area contributed by atoms with Crippen LogP contribution in [-0.2, 0) is 10.0 Å². The van der Waals surface area contributed by atoms with Crippen LogP contribution in [0.4, 0.5) is 0 Å². The Labute approximate surface area is 137 Å². The number of hydrogen-bond donors (Lipinski definition) is 1. The summed E-state index contributed by atoms with van der Waals surface area (Å²) in [4.78, 5) is 6.43. The van der Waals surface area contributed by atoms with Gasteiger partial charge in [0.25, 0.3) is 10.0 Å². The van der Waals surface area contributed by atoms with Crippen molar-refractivity contribution in [2.24, 2.45) is 5.10 Å². The van der Waals surface area contributed by atoms with Crippen LogP contribution < -0.4 is 4.83 Å². The molecule has 106 valence electrons. The van der Waals surface area contributed by atoms with Crippen LogP contribution in [0.3, 0.4) is 0 Å². The van der Waals surface area contributed by atoms with E-state index in [0.29, 0.717) is 9.61 Å². The first-order chi connectivity index (χ1) is 9.38. The molecule has 0 aliphatic rings. The number of aromatic nitrogens is 1. The van der Waals surface area contributed by atoms with Crippen LogP contribution in [0.5, 0.6) is 0 Å². The molecule has 0 unspecified atom stereocenters. The average molecular weight is 439 g/mol. The van der Waals surface area contributed by atoms with Gasteiger partial charge in [0.05, 0.1) is 14.9 Å². The lowest BCUT2D eigenvalue weighted by Gasteiger charge is -2.03. The molecular weight excluding hydrogens is 430 g/mol. The van der Waals surface area contributed by atoms with Gasteiger partial charge in [-0.25, -0.2) is 9.82 Å². The van der Waals surface area contributed by atoms with Crippen molar-refractivity contribution in [3.63, 3.8) is 0 Å². The average Bonchev–Trinajstić information content (AvgIpc) is 2.68. The number of sulfonamides is 1. The maximum atomic E-state index is 12.0. The fourth-order valence-electron chi connectivity index (χ4n) is 1.29. The summed E-state index contributed by atoms with van der Waals surface area (Å²) in [5.41, 5.74) is 1.54. The number of nitrogens with one attached hydrogen (secondary N) is 1. The number of nitrogens with zero attached hydrogens (tertiary/aromatic N) is 2. The van der Waals surface area contributed by atoms with Crippen molar-refractivity contribution in [3.8, 4) is 0 Å². The SMILES string of the molecule is Cc1ccc(S(=O)(=O)NN=Cc2nc(Br)sc2Br)cc1. The standard InChI is InChI=1S/C11H9Br2N3O2S2/c1-7-2-4-8(5-3-7)20(17,18)16-14-6-9-10(12)19-11(13)15-9/h2-6,16H,1H3. The van der Waals surface area contributed by atoms with E-state index >= 15 is 0 Å². The number of hydrogen-bond acceptors (Lipinski definition) is 5. The van der Waals surface area contributed by atoms with Crippen molar-refractivity contribution in [1.29, 1.82) is 0 Å². The van der Waals surface area contributed by atoms with Crippen molar-refractivity contribution < 1.29 is 8.42 Å². The summed E-state index contributed by atoms with van der Waals surface area (Å²) in [6.07, 6.45) is 1.34. The molecule has 0 saturated heterocycles. The summed E-state index contributed by atoms with van der Waals surface area (Å²) < 4.78 is 25.4. The number of hydrazone groups is 1. The number of benzene rings is 1. The molecule has 1 aromatic heterocycles. The van der Waals surface area contributed by atoms with Gasteiger partial charge >= 0.3 is 0 Å². The lowest BCUT2D eigenvalue weighted by molar-refractivity contribution is 0.584. The van der Waals surface area contributed by atoms with Crippen LogP contribution in [0.1, 0.15) is 11.3 Å². The zero-order chi connectivity index (χ0) is 14.8. The third kappa shape index (κ3) is 3.87. The van der Waals surface area contributed by atoms with Gasteiger partial charge in [0, 0.05) is 0 Å². The largest absolute Gasteiger partial charge is 0.276 e. The molecule has 20 heavy (non-hydrogen) atoms. The molecule has 0 fully saturated rings. The van der Waals surface area contributed by atoms with Crippen molar-refractivity contribution in [1.82, 2.24) is 9.82 Å². The molecule has 0 bridgehead atoms. The van der Waals surface area contributed by atoms with Gasteiger partial charge in [0.15, 0.2) is 3.92 Å². The van der Waals surface area contributed by atoms with Gasteiger partial charge in [-0.15, -0.1) is 0 Å². The Morgan fingerprint density at radius 1 is 1.30 bits per heavy atom. The maximum absolute atomic E-state index is 12.0. The second-order valence-electron chi connectivity index (χ2n) is 3.79. The molecule has 0 spiro atoms. The molecule has 2 aromatic rings. The van der Waals surface area contributed by atoms with E-state index in [4.69, 9.17) is 0 Å². The van der Waals surface area contributed by atoms with Gasteiger partial charge in [-0.3, -0.25) is 0 Å². The van der Waals surface area contributed by atoms with Crippen molar-refractivity contribution in [3.05, 3.63) is 43.2 Å².